The summed E-state index contributed by atoms with van der Waals surface area (Å²) in [6.07, 6.45) is 5.31. The first kappa shape index (κ1) is 14.7. The molecule has 0 radical (unpaired) electrons. The van der Waals surface area contributed by atoms with Crippen LogP contribution in [0.1, 0.15) is 25.7 Å². The number of rotatable bonds is 4. The summed E-state index contributed by atoms with van der Waals surface area (Å²) in [6.45, 7) is 1.25. The number of benzene rings is 2. The molecular formula is C18H23NOS. The van der Waals surface area contributed by atoms with E-state index >= 15 is 0 Å². The highest BCUT2D eigenvalue weighted by molar-refractivity contribution is 7.99. The third-order valence-corrected chi connectivity index (χ3v) is 5.60. The number of fused-ring (bicyclic) bond motifs is 1. The van der Waals surface area contributed by atoms with Crippen molar-refractivity contribution in [3.63, 3.8) is 0 Å². The molecule has 0 bridgehead atoms. The highest BCUT2D eigenvalue weighted by Gasteiger charge is 2.18. The number of hydrogen-bond acceptors (Lipinski definition) is 3. The molecule has 1 atom stereocenters. The number of phenols is 1. The van der Waals surface area contributed by atoms with E-state index in [1.807, 2.05) is 42.1 Å². The highest BCUT2D eigenvalue weighted by atomic mass is 32.2. The summed E-state index contributed by atoms with van der Waals surface area (Å²) in [5.74, 6) is 1.52. The lowest BCUT2D eigenvalue weighted by Gasteiger charge is -2.32. The first-order chi connectivity index (χ1) is 10.3. The zero-order valence-corrected chi connectivity index (χ0v) is 13.4. The Morgan fingerprint density at radius 3 is 2.76 bits per heavy atom. The van der Waals surface area contributed by atoms with Crippen LogP contribution in [0, 0.1) is 0 Å². The lowest BCUT2D eigenvalue weighted by atomic mass is 10.0. The van der Waals surface area contributed by atoms with Gasteiger partial charge in [0.05, 0.1) is 0 Å². The van der Waals surface area contributed by atoms with Gasteiger partial charge in [0.2, 0.25) is 0 Å². The van der Waals surface area contributed by atoms with Gasteiger partial charge in [-0.05, 0) is 56.1 Å². The predicted octanol–water partition coefficient (Wildman–Crippen LogP) is 4.51. The van der Waals surface area contributed by atoms with E-state index in [1.54, 1.807) is 0 Å². The van der Waals surface area contributed by atoms with Crippen LogP contribution < -0.4 is 0 Å². The predicted molar refractivity (Wildman–Crippen MR) is 91.2 cm³/mol. The molecule has 3 heteroatoms. The highest BCUT2D eigenvalue weighted by Crippen LogP contribution is 2.34. The molecule has 0 aliphatic carbocycles. The SMILES string of the molecule is CN1CCCCC1CCSc1ccc(O)c2ccccc12. The second-order valence-corrected chi connectivity index (χ2v) is 7.03. The molecule has 1 N–H and O–H groups in total. The Morgan fingerprint density at radius 2 is 1.95 bits per heavy atom. The molecule has 1 saturated heterocycles. The summed E-state index contributed by atoms with van der Waals surface area (Å²) in [7, 11) is 2.25. The monoisotopic (exact) mass is 301 g/mol. The molecule has 1 heterocycles. The van der Waals surface area contributed by atoms with Crippen molar-refractivity contribution >= 4 is 22.5 Å². The molecule has 1 fully saturated rings. The van der Waals surface area contributed by atoms with E-state index in [1.165, 1.54) is 42.5 Å². The van der Waals surface area contributed by atoms with Crippen LogP contribution in [0.15, 0.2) is 41.3 Å². The van der Waals surface area contributed by atoms with Gasteiger partial charge in [0.1, 0.15) is 5.75 Å². The second kappa shape index (κ2) is 6.71. The van der Waals surface area contributed by atoms with Gasteiger partial charge in [0.25, 0.3) is 0 Å². The molecule has 1 aliphatic rings. The van der Waals surface area contributed by atoms with Crippen molar-refractivity contribution in [1.82, 2.24) is 4.90 Å². The standard InChI is InChI=1S/C18H23NOS/c1-19-12-5-4-6-14(19)11-13-21-18-10-9-17(20)15-7-2-3-8-16(15)18/h2-3,7-10,14,20H,4-6,11-13H2,1H3. The minimum absolute atomic E-state index is 0.377. The Kier molecular flexibility index (Phi) is 4.71. The van der Waals surface area contributed by atoms with E-state index in [-0.39, 0.29) is 0 Å². The Morgan fingerprint density at radius 1 is 1.14 bits per heavy atom. The van der Waals surface area contributed by atoms with Gasteiger partial charge in [-0.3, -0.25) is 0 Å². The van der Waals surface area contributed by atoms with Gasteiger partial charge < -0.3 is 10.0 Å². The fourth-order valence-electron chi connectivity index (χ4n) is 3.20. The smallest absolute Gasteiger partial charge is 0.123 e. The maximum absolute atomic E-state index is 9.94. The van der Waals surface area contributed by atoms with Gasteiger partial charge in [0.15, 0.2) is 0 Å². The zero-order valence-electron chi connectivity index (χ0n) is 12.6. The Bertz CT molecular complexity index is 613. The van der Waals surface area contributed by atoms with E-state index in [2.05, 4.69) is 18.0 Å². The summed E-state index contributed by atoms with van der Waals surface area (Å²) >= 11 is 1.92. The molecule has 2 nitrogen and oxygen atoms in total. The number of thioether (sulfide) groups is 1. The normalized spacial score (nSPS) is 20.0. The van der Waals surface area contributed by atoms with Gasteiger partial charge in [-0.1, -0.05) is 30.7 Å². The van der Waals surface area contributed by atoms with Crippen LogP contribution in [-0.2, 0) is 0 Å². The molecule has 0 amide bonds. The maximum atomic E-state index is 9.94. The van der Waals surface area contributed by atoms with Crippen LogP contribution in [0.2, 0.25) is 0 Å². The van der Waals surface area contributed by atoms with Crippen molar-refractivity contribution in [3.05, 3.63) is 36.4 Å². The van der Waals surface area contributed by atoms with Gasteiger partial charge in [-0.15, -0.1) is 11.8 Å². The van der Waals surface area contributed by atoms with Crippen molar-refractivity contribution in [2.24, 2.45) is 0 Å². The molecule has 112 valence electrons. The number of hydrogen-bond donors (Lipinski definition) is 1. The number of nitrogens with zero attached hydrogens (tertiary/aromatic N) is 1. The summed E-state index contributed by atoms with van der Waals surface area (Å²) in [5.41, 5.74) is 0. The van der Waals surface area contributed by atoms with E-state index in [0.29, 0.717) is 5.75 Å². The molecule has 2 aromatic carbocycles. The fraction of sp³-hybridized carbons (Fsp3) is 0.444. The van der Waals surface area contributed by atoms with Crippen molar-refractivity contribution in [3.8, 4) is 5.75 Å². The van der Waals surface area contributed by atoms with Crippen LogP contribution in [0.3, 0.4) is 0 Å². The van der Waals surface area contributed by atoms with Crippen molar-refractivity contribution in [2.75, 3.05) is 19.3 Å². The summed E-state index contributed by atoms with van der Waals surface area (Å²) in [5, 5.41) is 12.1. The Hall–Kier alpha value is -1.19. The van der Waals surface area contributed by atoms with Gasteiger partial charge in [-0.25, -0.2) is 0 Å². The van der Waals surface area contributed by atoms with Crippen LogP contribution in [0.25, 0.3) is 10.8 Å². The van der Waals surface area contributed by atoms with Crippen LogP contribution >= 0.6 is 11.8 Å². The largest absolute Gasteiger partial charge is 0.507 e. The number of aromatic hydroxyl groups is 1. The summed E-state index contributed by atoms with van der Waals surface area (Å²) in [6, 6.07) is 12.7. The lowest BCUT2D eigenvalue weighted by molar-refractivity contribution is 0.182. The third-order valence-electron chi connectivity index (χ3n) is 4.49. The topological polar surface area (TPSA) is 23.5 Å². The fourth-order valence-corrected chi connectivity index (χ4v) is 4.30. The molecular weight excluding hydrogens is 278 g/mol. The summed E-state index contributed by atoms with van der Waals surface area (Å²) in [4.78, 5) is 3.79. The van der Waals surface area contributed by atoms with Crippen molar-refractivity contribution in [1.29, 1.82) is 0 Å². The van der Waals surface area contributed by atoms with Gasteiger partial charge >= 0.3 is 0 Å². The first-order valence-electron chi connectivity index (χ1n) is 7.79. The molecule has 2 aromatic rings. The zero-order chi connectivity index (χ0) is 14.7. The Balaban J connectivity index is 1.67. The van der Waals surface area contributed by atoms with Gasteiger partial charge in [-0.2, -0.15) is 0 Å². The molecule has 1 aliphatic heterocycles. The molecule has 1 unspecified atom stereocenters. The maximum Gasteiger partial charge on any atom is 0.123 e. The average Bonchev–Trinajstić information content (AvgIpc) is 2.52. The minimum Gasteiger partial charge on any atom is -0.507 e. The van der Waals surface area contributed by atoms with Crippen LogP contribution in [0.5, 0.6) is 5.75 Å². The van der Waals surface area contributed by atoms with E-state index in [0.717, 1.165) is 17.2 Å². The molecule has 3 rings (SSSR count). The lowest BCUT2D eigenvalue weighted by Crippen LogP contribution is -2.36. The van der Waals surface area contributed by atoms with Crippen LogP contribution in [-0.4, -0.2) is 35.4 Å². The van der Waals surface area contributed by atoms with Crippen molar-refractivity contribution < 1.29 is 5.11 Å². The minimum atomic E-state index is 0.377. The third kappa shape index (κ3) is 3.35. The molecule has 21 heavy (non-hydrogen) atoms. The molecule has 0 spiro atoms. The van der Waals surface area contributed by atoms with Crippen molar-refractivity contribution in [2.45, 2.75) is 36.6 Å². The Labute approximate surface area is 131 Å². The second-order valence-electron chi connectivity index (χ2n) is 5.90. The number of phenolic OH excluding ortho intramolecular Hbond substituents is 1. The first-order valence-corrected chi connectivity index (χ1v) is 8.78. The average molecular weight is 301 g/mol. The van der Waals surface area contributed by atoms with E-state index in [4.69, 9.17) is 0 Å². The number of piperidine rings is 1. The molecule has 0 aromatic heterocycles. The number of likely N-dealkylation sites (tertiary alicyclic amines) is 1. The quantitative estimate of drug-likeness (QED) is 0.840. The molecule has 0 saturated carbocycles. The summed E-state index contributed by atoms with van der Waals surface area (Å²) < 4.78 is 0. The van der Waals surface area contributed by atoms with E-state index < -0.39 is 0 Å². The van der Waals surface area contributed by atoms with E-state index in [9.17, 15) is 5.11 Å². The van der Waals surface area contributed by atoms with Gasteiger partial charge in [0, 0.05) is 16.3 Å². The van der Waals surface area contributed by atoms with Crippen LogP contribution in [0.4, 0.5) is 0 Å².